The minimum absolute atomic E-state index is 0.0833. The summed E-state index contributed by atoms with van der Waals surface area (Å²) < 4.78 is 0. The fourth-order valence-electron chi connectivity index (χ4n) is 1.46. The molecule has 1 aromatic carbocycles. The number of aromatic nitrogens is 1. The van der Waals surface area contributed by atoms with Gasteiger partial charge in [-0.05, 0) is 30.3 Å². The summed E-state index contributed by atoms with van der Waals surface area (Å²) in [6.45, 7) is 1.48. The van der Waals surface area contributed by atoms with Gasteiger partial charge in [0.15, 0.2) is 0 Å². The molecule has 17 heavy (non-hydrogen) atoms. The first-order valence-corrected chi connectivity index (χ1v) is 5.30. The molecule has 1 heterocycles. The number of carbonyl (C=O) groups excluding carboxylic acids is 1. The zero-order chi connectivity index (χ0) is 12.1. The van der Waals surface area contributed by atoms with Gasteiger partial charge in [-0.15, -0.1) is 0 Å². The third kappa shape index (κ3) is 3.31. The zero-order valence-corrected chi connectivity index (χ0v) is 9.47. The van der Waals surface area contributed by atoms with Gasteiger partial charge in [-0.3, -0.25) is 4.79 Å². The molecule has 0 aliphatic rings. The number of rotatable bonds is 3. The quantitative estimate of drug-likeness (QED) is 0.847. The van der Waals surface area contributed by atoms with Crippen molar-refractivity contribution in [2.75, 3.05) is 10.6 Å². The molecular weight excluding hydrogens is 214 g/mol. The Morgan fingerprint density at radius 2 is 1.94 bits per heavy atom. The number of amides is 1. The summed E-state index contributed by atoms with van der Waals surface area (Å²) in [4.78, 5) is 15.1. The van der Waals surface area contributed by atoms with Gasteiger partial charge in [-0.1, -0.05) is 12.1 Å². The summed E-state index contributed by atoms with van der Waals surface area (Å²) in [6, 6.07) is 13.1. The fourth-order valence-corrected chi connectivity index (χ4v) is 1.46. The van der Waals surface area contributed by atoms with E-state index in [9.17, 15) is 4.79 Å². The number of hydrogen-bond donors (Lipinski definition) is 2. The van der Waals surface area contributed by atoms with E-state index in [4.69, 9.17) is 0 Å². The van der Waals surface area contributed by atoms with Gasteiger partial charge in [-0.2, -0.15) is 0 Å². The van der Waals surface area contributed by atoms with Crippen molar-refractivity contribution < 1.29 is 4.79 Å². The van der Waals surface area contributed by atoms with Crippen LogP contribution in [-0.4, -0.2) is 10.9 Å². The second-order valence-corrected chi connectivity index (χ2v) is 3.60. The molecule has 0 atom stereocenters. The lowest BCUT2D eigenvalue weighted by Crippen LogP contribution is -2.05. The van der Waals surface area contributed by atoms with E-state index in [1.54, 1.807) is 6.20 Å². The Labute approximate surface area is 99.7 Å². The summed E-state index contributed by atoms with van der Waals surface area (Å²) in [5.41, 5.74) is 1.65. The van der Waals surface area contributed by atoms with Crippen LogP contribution in [0.2, 0.25) is 0 Å². The molecule has 0 saturated carbocycles. The molecule has 0 saturated heterocycles. The van der Waals surface area contributed by atoms with Gasteiger partial charge in [0, 0.05) is 24.5 Å². The number of anilines is 3. The topological polar surface area (TPSA) is 54.0 Å². The SMILES string of the molecule is CC(=O)Nc1cccc(Nc2ccccn2)c1. The highest BCUT2D eigenvalue weighted by Gasteiger charge is 1.98. The van der Waals surface area contributed by atoms with Gasteiger partial charge in [-0.25, -0.2) is 4.98 Å². The first kappa shape index (κ1) is 11.1. The van der Waals surface area contributed by atoms with Crippen molar-refractivity contribution in [2.24, 2.45) is 0 Å². The summed E-state index contributed by atoms with van der Waals surface area (Å²) in [5.74, 6) is 0.687. The first-order chi connectivity index (χ1) is 8.24. The average molecular weight is 227 g/mol. The van der Waals surface area contributed by atoms with Gasteiger partial charge >= 0.3 is 0 Å². The fraction of sp³-hybridized carbons (Fsp3) is 0.0769. The molecule has 4 heteroatoms. The van der Waals surface area contributed by atoms with Crippen LogP contribution in [0.5, 0.6) is 0 Å². The smallest absolute Gasteiger partial charge is 0.221 e. The predicted molar refractivity (Wildman–Crippen MR) is 68.3 cm³/mol. The monoisotopic (exact) mass is 227 g/mol. The zero-order valence-electron chi connectivity index (χ0n) is 9.47. The van der Waals surface area contributed by atoms with Gasteiger partial charge in [0.25, 0.3) is 0 Å². The summed E-state index contributed by atoms with van der Waals surface area (Å²) in [5, 5.41) is 5.89. The van der Waals surface area contributed by atoms with Crippen LogP contribution in [0.3, 0.4) is 0 Å². The van der Waals surface area contributed by atoms with Gasteiger partial charge in [0.05, 0.1) is 0 Å². The molecule has 2 aromatic rings. The molecule has 1 amide bonds. The van der Waals surface area contributed by atoms with E-state index < -0.39 is 0 Å². The lowest BCUT2D eigenvalue weighted by Gasteiger charge is -2.07. The summed E-state index contributed by atoms with van der Waals surface area (Å²) >= 11 is 0. The molecule has 0 radical (unpaired) electrons. The van der Waals surface area contributed by atoms with Crippen molar-refractivity contribution in [1.29, 1.82) is 0 Å². The molecular formula is C13H13N3O. The molecule has 0 bridgehead atoms. The van der Waals surface area contributed by atoms with E-state index >= 15 is 0 Å². The van der Waals surface area contributed by atoms with Crippen LogP contribution in [0.4, 0.5) is 17.2 Å². The molecule has 0 aliphatic carbocycles. The van der Waals surface area contributed by atoms with Crippen molar-refractivity contribution in [3.8, 4) is 0 Å². The standard InChI is InChI=1S/C13H13N3O/c1-10(17)15-11-5-4-6-12(9-11)16-13-7-2-3-8-14-13/h2-9H,1H3,(H,14,16)(H,15,17). The van der Waals surface area contributed by atoms with Crippen LogP contribution in [0, 0.1) is 0 Å². The predicted octanol–water partition coefficient (Wildman–Crippen LogP) is 2.78. The summed E-state index contributed by atoms with van der Waals surface area (Å²) in [6.07, 6.45) is 1.72. The van der Waals surface area contributed by atoms with Crippen LogP contribution >= 0.6 is 0 Å². The number of hydrogen-bond acceptors (Lipinski definition) is 3. The highest BCUT2D eigenvalue weighted by molar-refractivity contribution is 5.89. The number of nitrogens with one attached hydrogen (secondary N) is 2. The number of nitrogens with zero attached hydrogens (tertiary/aromatic N) is 1. The molecule has 1 aromatic heterocycles. The molecule has 0 aliphatic heterocycles. The average Bonchev–Trinajstić information content (AvgIpc) is 2.30. The van der Waals surface area contributed by atoms with E-state index in [0.29, 0.717) is 0 Å². The van der Waals surface area contributed by atoms with Crippen LogP contribution < -0.4 is 10.6 Å². The molecule has 0 unspecified atom stereocenters. The van der Waals surface area contributed by atoms with Gasteiger partial charge in [0.2, 0.25) is 5.91 Å². The van der Waals surface area contributed by atoms with E-state index in [0.717, 1.165) is 17.2 Å². The van der Waals surface area contributed by atoms with Gasteiger partial charge < -0.3 is 10.6 Å². The van der Waals surface area contributed by atoms with E-state index in [-0.39, 0.29) is 5.91 Å². The van der Waals surface area contributed by atoms with Crippen molar-refractivity contribution in [1.82, 2.24) is 4.98 Å². The second kappa shape index (κ2) is 5.12. The van der Waals surface area contributed by atoms with Crippen LogP contribution in [-0.2, 0) is 4.79 Å². The molecule has 0 spiro atoms. The van der Waals surface area contributed by atoms with E-state index in [2.05, 4.69) is 15.6 Å². The molecule has 0 fully saturated rings. The Morgan fingerprint density at radius 3 is 2.65 bits per heavy atom. The third-order valence-electron chi connectivity index (χ3n) is 2.12. The van der Waals surface area contributed by atoms with Crippen LogP contribution in [0.15, 0.2) is 48.7 Å². The Hall–Kier alpha value is -2.36. The van der Waals surface area contributed by atoms with Crippen molar-refractivity contribution in [3.05, 3.63) is 48.7 Å². The second-order valence-electron chi connectivity index (χ2n) is 3.60. The lowest BCUT2D eigenvalue weighted by molar-refractivity contribution is -0.114. The van der Waals surface area contributed by atoms with E-state index in [1.807, 2.05) is 42.5 Å². The first-order valence-electron chi connectivity index (χ1n) is 5.30. The molecule has 2 N–H and O–H groups in total. The highest BCUT2D eigenvalue weighted by Crippen LogP contribution is 2.18. The van der Waals surface area contributed by atoms with E-state index in [1.165, 1.54) is 6.92 Å². The minimum atomic E-state index is -0.0833. The Balaban J connectivity index is 2.14. The molecule has 86 valence electrons. The van der Waals surface area contributed by atoms with Crippen molar-refractivity contribution in [3.63, 3.8) is 0 Å². The van der Waals surface area contributed by atoms with Crippen LogP contribution in [0.25, 0.3) is 0 Å². The lowest BCUT2D eigenvalue weighted by atomic mass is 10.2. The number of carbonyl (C=O) groups is 1. The Morgan fingerprint density at radius 1 is 1.12 bits per heavy atom. The Kier molecular flexibility index (Phi) is 3.35. The van der Waals surface area contributed by atoms with Crippen molar-refractivity contribution in [2.45, 2.75) is 6.92 Å². The largest absolute Gasteiger partial charge is 0.340 e. The van der Waals surface area contributed by atoms with Crippen molar-refractivity contribution >= 4 is 23.1 Å². The normalized spacial score (nSPS) is 9.71. The maximum atomic E-state index is 10.9. The Bertz CT molecular complexity index is 511. The minimum Gasteiger partial charge on any atom is -0.340 e. The number of pyridine rings is 1. The van der Waals surface area contributed by atoms with Crippen LogP contribution in [0.1, 0.15) is 6.92 Å². The highest BCUT2D eigenvalue weighted by atomic mass is 16.1. The van der Waals surface area contributed by atoms with Gasteiger partial charge in [0.1, 0.15) is 5.82 Å². The molecule has 2 rings (SSSR count). The molecule has 4 nitrogen and oxygen atoms in total. The maximum absolute atomic E-state index is 10.9. The number of benzene rings is 1. The summed E-state index contributed by atoms with van der Waals surface area (Å²) in [7, 11) is 0. The maximum Gasteiger partial charge on any atom is 0.221 e. The third-order valence-corrected chi connectivity index (χ3v) is 2.12.